The summed E-state index contributed by atoms with van der Waals surface area (Å²) in [6, 6.07) is 13.7. The predicted molar refractivity (Wildman–Crippen MR) is 74.6 cm³/mol. The average molecular weight is 255 g/mol. The molecule has 0 bridgehead atoms. The highest BCUT2D eigenvalue weighted by atomic mass is 16.2. The van der Waals surface area contributed by atoms with E-state index in [0.29, 0.717) is 13.1 Å². The van der Waals surface area contributed by atoms with Crippen molar-refractivity contribution in [3.63, 3.8) is 0 Å². The number of benzene rings is 1. The van der Waals surface area contributed by atoms with Crippen LogP contribution in [0.2, 0.25) is 0 Å². The highest BCUT2D eigenvalue weighted by Gasteiger charge is 1.99. The van der Waals surface area contributed by atoms with E-state index in [9.17, 15) is 4.79 Å². The zero-order valence-electron chi connectivity index (χ0n) is 10.7. The Balaban J connectivity index is 1.65. The van der Waals surface area contributed by atoms with Crippen molar-refractivity contribution in [1.82, 2.24) is 15.6 Å². The molecule has 2 aromatic rings. The molecule has 4 heteroatoms. The van der Waals surface area contributed by atoms with Crippen LogP contribution in [0.3, 0.4) is 0 Å². The summed E-state index contributed by atoms with van der Waals surface area (Å²) in [7, 11) is 0. The number of nitrogens with zero attached hydrogens (tertiary/aromatic N) is 1. The van der Waals surface area contributed by atoms with Gasteiger partial charge in [0.1, 0.15) is 0 Å². The smallest absolute Gasteiger partial charge is 0.315 e. The van der Waals surface area contributed by atoms with E-state index in [1.54, 1.807) is 12.4 Å². The minimum Gasteiger partial charge on any atom is -0.338 e. The molecule has 2 N–H and O–H groups in total. The van der Waals surface area contributed by atoms with Gasteiger partial charge in [-0.2, -0.15) is 0 Å². The van der Waals surface area contributed by atoms with Crippen LogP contribution in [-0.2, 0) is 13.0 Å². The van der Waals surface area contributed by atoms with Crippen LogP contribution in [0, 0.1) is 0 Å². The second kappa shape index (κ2) is 7.16. The van der Waals surface area contributed by atoms with Crippen LogP contribution in [-0.4, -0.2) is 17.6 Å². The molecule has 98 valence electrons. The lowest BCUT2D eigenvalue weighted by molar-refractivity contribution is 0.240. The van der Waals surface area contributed by atoms with Crippen molar-refractivity contribution in [1.29, 1.82) is 0 Å². The van der Waals surface area contributed by atoms with E-state index in [-0.39, 0.29) is 6.03 Å². The quantitative estimate of drug-likeness (QED) is 0.860. The zero-order chi connectivity index (χ0) is 13.3. The van der Waals surface area contributed by atoms with Gasteiger partial charge in [-0.3, -0.25) is 4.98 Å². The number of rotatable bonds is 5. The molecule has 19 heavy (non-hydrogen) atoms. The molecular weight excluding hydrogens is 238 g/mol. The van der Waals surface area contributed by atoms with E-state index in [1.807, 2.05) is 30.3 Å². The van der Waals surface area contributed by atoms with Gasteiger partial charge in [-0.15, -0.1) is 0 Å². The first kappa shape index (κ1) is 13.1. The van der Waals surface area contributed by atoms with Crippen molar-refractivity contribution in [2.45, 2.75) is 13.0 Å². The largest absolute Gasteiger partial charge is 0.338 e. The number of hydrogen-bond acceptors (Lipinski definition) is 2. The molecule has 2 rings (SSSR count). The third-order valence-corrected chi connectivity index (χ3v) is 2.72. The Bertz CT molecular complexity index is 499. The molecule has 0 spiro atoms. The number of carbonyl (C=O) groups is 1. The Kier molecular flexibility index (Phi) is 4.93. The van der Waals surface area contributed by atoms with Crippen molar-refractivity contribution >= 4 is 6.03 Å². The topological polar surface area (TPSA) is 54.0 Å². The minimum absolute atomic E-state index is 0.153. The zero-order valence-corrected chi connectivity index (χ0v) is 10.7. The van der Waals surface area contributed by atoms with Gasteiger partial charge in [0.2, 0.25) is 0 Å². The van der Waals surface area contributed by atoms with Crippen LogP contribution in [0.5, 0.6) is 0 Å². The SMILES string of the molecule is O=C(NCCc1ccccc1)NCc1cccnc1. The molecule has 0 saturated heterocycles. The first-order valence-electron chi connectivity index (χ1n) is 6.29. The van der Waals surface area contributed by atoms with Crippen LogP contribution in [0.25, 0.3) is 0 Å². The van der Waals surface area contributed by atoms with E-state index >= 15 is 0 Å². The highest BCUT2D eigenvalue weighted by Crippen LogP contribution is 1.98. The maximum Gasteiger partial charge on any atom is 0.315 e. The Hall–Kier alpha value is -2.36. The van der Waals surface area contributed by atoms with Crippen molar-refractivity contribution < 1.29 is 4.79 Å². The summed E-state index contributed by atoms with van der Waals surface area (Å²) in [5.41, 5.74) is 2.20. The molecular formula is C15H17N3O. The molecule has 0 aliphatic heterocycles. The van der Waals surface area contributed by atoms with E-state index in [1.165, 1.54) is 5.56 Å². The number of pyridine rings is 1. The second-order valence-electron chi connectivity index (χ2n) is 4.21. The Morgan fingerprint density at radius 1 is 1.00 bits per heavy atom. The summed E-state index contributed by atoms with van der Waals surface area (Å²) in [6.45, 7) is 1.12. The number of amides is 2. The molecule has 0 atom stereocenters. The second-order valence-corrected chi connectivity index (χ2v) is 4.21. The Morgan fingerprint density at radius 3 is 2.53 bits per heavy atom. The van der Waals surface area contributed by atoms with Gasteiger partial charge in [0, 0.05) is 25.5 Å². The average Bonchev–Trinajstić information content (AvgIpc) is 2.47. The molecule has 0 fully saturated rings. The highest BCUT2D eigenvalue weighted by molar-refractivity contribution is 5.73. The third-order valence-electron chi connectivity index (χ3n) is 2.72. The van der Waals surface area contributed by atoms with Gasteiger partial charge in [0.15, 0.2) is 0 Å². The number of carbonyl (C=O) groups excluding carboxylic acids is 1. The fourth-order valence-electron chi connectivity index (χ4n) is 1.71. The van der Waals surface area contributed by atoms with E-state index < -0.39 is 0 Å². The molecule has 0 saturated carbocycles. The molecule has 2 amide bonds. The first-order chi connectivity index (χ1) is 9.34. The molecule has 0 aliphatic carbocycles. The molecule has 4 nitrogen and oxygen atoms in total. The van der Waals surface area contributed by atoms with Crippen molar-refractivity contribution in [3.8, 4) is 0 Å². The van der Waals surface area contributed by atoms with Gasteiger partial charge < -0.3 is 10.6 Å². The van der Waals surface area contributed by atoms with Gasteiger partial charge in [-0.25, -0.2) is 4.79 Å². The number of nitrogens with one attached hydrogen (secondary N) is 2. The Morgan fingerprint density at radius 2 is 1.79 bits per heavy atom. The molecule has 0 unspecified atom stereocenters. The number of aromatic nitrogens is 1. The molecule has 1 aromatic carbocycles. The van der Waals surface area contributed by atoms with Crippen LogP contribution in [0.1, 0.15) is 11.1 Å². The lowest BCUT2D eigenvalue weighted by Gasteiger charge is -2.07. The monoisotopic (exact) mass is 255 g/mol. The third kappa shape index (κ3) is 4.79. The van der Waals surface area contributed by atoms with Crippen molar-refractivity contribution in [2.24, 2.45) is 0 Å². The molecule has 1 aromatic heterocycles. The summed E-state index contributed by atoms with van der Waals surface area (Å²) in [6.07, 6.45) is 4.29. The maximum absolute atomic E-state index is 11.6. The van der Waals surface area contributed by atoms with Crippen molar-refractivity contribution in [3.05, 3.63) is 66.0 Å². The van der Waals surface area contributed by atoms with E-state index in [2.05, 4.69) is 27.8 Å². The van der Waals surface area contributed by atoms with Gasteiger partial charge >= 0.3 is 6.03 Å². The Labute approximate surface area is 112 Å². The summed E-state index contributed by atoms with van der Waals surface area (Å²) < 4.78 is 0. The van der Waals surface area contributed by atoms with E-state index in [4.69, 9.17) is 0 Å². The normalized spacial score (nSPS) is 9.89. The number of hydrogen-bond donors (Lipinski definition) is 2. The molecule has 1 heterocycles. The molecule has 0 aliphatic rings. The fourth-order valence-corrected chi connectivity index (χ4v) is 1.71. The maximum atomic E-state index is 11.6. The summed E-state index contributed by atoms with van der Waals surface area (Å²) >= 11 is 0. The lowest BCUT2D eigenvalue weighted by atomic mass is 10.1. The van der Waals surface area contributed by atoms with Crippen molar-refractivity contribution in [2.75, 3.05) is 6.54 Å². The van der Waals surface area contributed by atoms with Gasteiger partial charge in [0.05, 0.1) is 0 Å². The lowest BCUT2D eigenvalue weighted by Crippen LogP contribution is -2.36. The summed E-state index contributed by atoms with van der Waals surface area (Å²) in [5, 5.41) is 5.63. The van der Waals surface area contributed by atoms with Gasteiger partial charge in [-0.1, -0.05) is 36.4 Å². The summed E-state index contributed by atoms with van der Waals surface area (Å²) in [5.74, 6) is 0. The first-order valence-corrected chi connectivity index (χ1v) is 6.29. The molecule has 0 radical (unpaired) electrons. The number of urea groups is 1. The van der Waals surface area contributed by atoms with Crippen LogP contribution in [0.15, 0.2) is 54.9 Å². The van der Waals surface area contributed by atoms with Gasteiger partial charge in [0.25, 0.3) is 0 Å². The fraction of sp³-hybridized carbons (Fsp3) is 0.200. The standard InChI is InChI=1S/C15H17N3O/c19-15(18-12-14-7-4-9-16-11-14)17-10-8-13-5-2-1-3-6-13/h1-7,9,11H,8,10,12H2,(H2,17,18,19). The van der Waals surface area contributed by atoms with E-state index in [0.717, 1.165) is 12.0 Å². The van der Waals surface area contributed by atoms with Gasteiger partial charge in [-0.05, 0) is 23.6 Å². The predicted octanol–water partition coefficient (Wildman–Crippen LogP) is 2.12. The van der Waals surface area contributed by atoms with Crippen LogP contribution < -0.4 is 10.6 Å². The minimum atomic E-state index is -0.153. The van der Waals surface area contributed by atoms with Crippen LogP contribution >= 0.6 is 0 Å². The summed E-state index contributed by atoms with van der Waals surface area (Å²) in [4.78, 5) is 15.6. The van der Waals surface area contributed by atoms with Crippen LogP contribution in [0.4, 0.5) is 4.79 Å².